The Balaban J connectivity index is 2.42. The van der Waals surface area contributed by atoms with Gasteiger partial charge in [0.2, 0.25) is 0 Å². The van der Waals surface area contributed by atoms with Gasteiger partial charge < -0.3 is 16.4 Å². The maximum atomic E-state index is 11.3. The Morgan fingerprint density at radius 1 is 1.40 bits per heavy atom. The van der Waals surface area contributed by atoms with Gasteiger partial charge in [-0.1, -0.05) is 30.3 Å². The number of amides is 2. The molecule has 82 valence electrons. The van der Waals surface area contributed by atoms with E-state index in [4.69, 9.17) is 5.73 Å². The summed E-state index contributed by atoms with van der Waals surface area (Å²) < 4.78 is 0. The van der Waals surface area contributed by atoms with Crippen molar-refractivity contribution in [2.45, 2.75) is 13.0 Å². The van der Waals surface area contributed by atoms with Crippen LogP contribution >= 0.6 is 0 Å². The zero-order valence-electron chi connectivity index (χ0n) is 8.86. The van der Waals surface area contributed by atoms with Gasteiger partial charge in [0, 0.05) is 13.1 Å². The van der Waals surface area contributed by atoms with E-state index in [1.54, 1.807) is 0 Å². The molecule has 0 saturated carbocycles. The van der Waals surface area contributed by atoms with Crippen molar-refractivity contribution >= 4 is 6.03 Å². The number of rotatable bonds is 4. The summed E-state index contributed by atoms with van der Waals surface area (Å²) in [5, 5.41) is 5.48. The summed E-state index contributed by atoms with van der Waals surface area (Å²) in [4.78, 5) is 11.3. The third-order valence-corrected chi connectivity index (χ3v) is 2.08. The third-order valence-electron chi connectivity index (χ3n) is 2.08. The van der Waals surface area contributed by atoms with Crippen molar-refractivity contribution in [1.82, 2.24) is 10.6 Å². The number of hydrogen-bond donors (Lipinski definition) is 3. The van der Waals surface area contributed by atoms with Crippen molar-refractivity contribution < 1.29 is 4.79 Å². The predicted molar refractivity (Wildman–Crippen MR) is 60.4 cm³/mol. The Morgan fingerprint density at radius 3 is 2.67 bits per heavy atom. The first-order chi connectivity index (χ1) is 7.24. The zero-order valence-corrected chi connectivity index (χ0v) is 8.86. The average molecular weight is 207 g/mol. The lowest BCUT2D eigenvalue weighted by molar-refractivity contribution is 0.238. The van der Waals surface area contributed by atoms with Crippen LogP contribution in [-0.4, -0.2) is 19.1 Å². The zero-order chi connectivity index (χ0) is 11.1. The summed E-state index contributed by atoms with van der Waals surface area (Å²) in [5.41, 5.74) is 6.36. The molecule has 1 rings (SSSR count). The number of urea groups is 1. The van der Waals surface area contributed by atoms with Gasteiger partial charge >= 0.3 is 6.03 Å². The van der Waals surface area contributed by atoms with E-state index in [1.165, 1.54) is 0 Å². The molecule has 0 aliphatic carbocycles. The van der Waals surface area contributed by atoms with Crippen LogP contribution in [0.5, 0.6) is 0 Å². The molecule has 0 saturated heterocycles. The summed E-state index contributed by atoms with van der Waals surface area (Å²) in [6.45, 7) is 2.89. The van der Waals surface area contributed by atoms with Crippen molar-refractivity contribution in [1.29, 1.82) is 0 Å². The van der Waals surface area contributed by atoms with Crippen LogP contribution in [0.4, 0.5) is 4.79 Å². The minimum Gasteiger partial charge on any atom is -0.337 e. The number of nitrogens with two attached hydrogens (primary N) is 1. The highest BCUT2D eigenvalue weighted by Crippen LogP contribution is 2.10. The molecule has 1 aromatic carbocycles. The fraction of sp³-hybridized carbons (Fsp3) is 0.364. The number of nitrogens with one attached hydrogen (secondary N) is 2. The van der Waals surface area contributed by atoms with Crippen LogP contribution in [0.1, 0.15) is 18.5 Å². The van der Waals surface area contributed by atoms with Gasteiger partial charge in [-0.25, -0.2) is 4.79 Å². The summed E-state index contributed by atoms with van der Waals surface area (Å²) in [7, 11) is 0. The van der Waals surface area contributed by atoms with Crippen molar-refractivity contribution in [3.63, 3.8) is 0 Å². The van der Waals surface area contributed by atoms with E-state index >= 15 is 0 Å². The molecule has 1 atom stereocenters. The lowest BCUT2D eigenvalue weighted by Crippen LogP contribution is -2.39. The molecule has 0 radical (unpaired) electrons. The maximum absolute atomic E-state index is 11.3. The lowest BCUT2D eigenvalue weighted by atomic mass is 10.1. The second kappa shape index (κ2) is 6.03. The number of carbonyl (C=O) groups is 1. The molecule has 0 aliphatic rings. The molecule has 1 aromatic rings. The number of carbonyl (C=O) groups excluding carboxylic acids is 1. The molecule has 4 nitrogen and oxygen atoms in total. The summed E-state index contributed by atoms with van der Waals surface area (Å²) in [6, 6.07) is 9.63. The standard InChI is InChI=1S/C11H17N3O/c1-9(10-5-3-2-4-6-10)14-11(15)13-8-7-12/h2-6,9H,7-8,12H2,1H3,(H2,13,14,15). The van der Waals surface area contributed by atoms with E-state index in [0.29, 0.717) is 13.1 Å². The van der Waals surface area contributed by atoms with Crippen molar-refractivity contribution in [3.05, 3.63) is 35.9 Å². The summed E-state index contributed by atoms with van der Waals surface area (Å²) in [5.74, 6) is 0. The summed E-state index contributed by atoms with van der Waals surface area (Å²) >= 11 is 0. The average Bonchev–Trinajstić information content (AvgIpc) is 2.27. The van der Waals surface area contributed by atoms with Crippen LogP contribution in [0.3, 0.4) is 0 Å². The normalized spacial score (nSPS) is 11.9. The van der Waals surface area contributed by atoms with Crippen LogP contribution < -0.4 is 16.4 Å². The molecule has 1 unspecified atom stereocenters. The van der Waals surface area contributed by atoms with Crippen LogP contribution in [0.2, 0.25) is 0 Å². The lowest BCUT2D eigenvalue weighted by Gasteiger charge is -2.14. The third kappa shape index (κ3) is 3.99. The highest BCUT2D eigenvalue weighted by molar-refractivity contribution is 5.74. The largest absolute Gasteiger partial charge is 0.337 e. The van der Waals surface area contributed by atoms with Gasteiger partial charge in [-0.15, -0.1) is 0 Å². The SMILES string of the molecule is CC(NC(=O)NCCN)c1ccccc1. The highest BCUT2D eigenvalue weighted by Gasteiger charge is 2.07. The van der Waals surface area contributed by atoms with Gasteiger partial charge in [0.15, 0.2) is 0 Å². The van der Waals surface area contributed by atoms with Gasteiger partial charge in [0.25, 0.3) is 0 Å². The molecule has 4 N–H and O–H groups in total. The van der Waals surface area contributed by atoms with E-state index in [0.717, 1.165) is 5.56 Å². The molecule has 0 spiro atoms. The number of hydrogen-bond acceptors (Lipinski definition) is 2. The maximum Gasteiger partial charge on any atom is 0.315 e. The van der Waals surface area contributed by atoms with Crippen LogP contribution in [-0.2, 0) is 0 Å². The van der Waals surface area contributed by atoms with Gasteiger partial charge in [-0.05, 0) is 12.5 Å². The quantitative estimate of drug-likeness (QED) is 0.689. The Labute approximate surface area is 89.9 Å². The summed E-state index contributed by atoms with van der Waals surface area (Å²) in [6.07, 6.45) is 0. The molecular formula is C11H17N3O. The van der Waals surface area contributed by atoms with Crippen molar-refractivity contribution in [3.8, 4) is 0 Å². The monoisotopic (exact) mass is 207 g/mol. The molecule has 2 amide bonds. The van der Waals surface area contributed by atoms with Gasteiger partial charge in [0.1, 0.15) is 0 Å². The Morgan fingerprint density at radius 2 is 2.07 bits per heavy atom. The fourth-order valence-electron chi connectivity index (χ4n) is 1.26. The Hall–Kier alpha value is -1.55. The number of benzene rings is 1. The van der Waals surface area contributed by atoms with Gasteiger partial charge in [0.05, 0.1) is 6.04 Å². The van der Waals surface area contributed by atoms with E-state index in [1.807, 2.05) is 37.3 Å². The molecule has 15 heavy (non-hydrogen) atoms. The molecule has 0 fully saturated rings. The van der Waals surface area contributed by atoms with Gasteiger partial charge in [-0.3, -0.25) is 0 Å². The van der Waals surface area contributed by atoms with Crippen LogP contribution in [0, 0.1) is 0 Å². The molecule has 0 aromatic heterocycles. The van der Waals surface area contributed by atoms with Gasteiger partial charge in [-0.2, -0.15) is 0 Å². The topological polar surface area (TPSA) is 67.2 Å². The predicted octanol–water partition coefficient (Wildman–Crippen LogP) is 1.01. The first-order valence-corrected chi connectivity index (χ1v) is 5.03. The van der Waals surface area contributed by atoms with Crippen LogP contribution in [0.25, 0.3) is 0 Å². The Bertz CT molecular complexity index is 300. The smallest absolute Gasteiger partial charge is 0.315 e. The van der Waals surface area contributed by atoms with E-state index in [2.05, 4.69) is 10.6 Å². The first kappa shape index (κ1) is 11.5. The molecule has 0 bridgehead atoms. The fourth-order valence-corrected chi connectivity index (χ4v) is 1.26. The van der Waals surface area contributed by atoms with E-state index in [-0.39, 0.29) is 12.1 Å². The first-order valence-electron chi connectivity index (χ1n) is 5.03. The second-order valence-corrected chi connectivity index (χ2v) is 3.32. The molecule has 4 heteroatoms. The highest BCUT2D eigenvalue weighted by atomic mass is 16.2. The van der Waals surface area contributed by atoms with Crippen molar-refractivity contribution in [2.24, 2.45) is 5.73 Å². The van der Waals surface area contributed by atoms with E-state index < -0.39 is 0 Å². The minimum atomic E-state index is -0.184. The van der Waals surface area contributed by atoms with Crippen molar-refractivity contribution in [2.75, 3.05) is 13.1 Å². The van der Waals surface area contributed by atoms with Crippen LogP contribution in [0.15, 0.2) is 30.3 Å². The molecular weight excluding hydrogens is 190 g/mol. The molecule has 0 aliphatic heterocycles. The second-order valence-electron chi connectivity index (χ2n) is 3.32. The minimum absolute atomic E-state index is 0.00368. The van der Waals surface area contributed by atoms with E-state index in [9.17, 15) is 4.79 Å². The molecule has 0 heterocycles. The Kier molecular flexibility index (Phi) is 4.63.